The summed E-state index contributed by atoms with van der Waals surface area (Å²) in [7, 11) is -2.30. The van der Waals surface area contributed by atoms with Crippen LogP contribution in [0.25, 0.3) is 0 Å². The number of hydrogen-bond acceptors (Lipinski definition) is 5. The molecule has 35 heavy (non-hydrogen) atoms. The molecule has 1 fully saturated rings. The summed E-state index contributed by atoms with van der Waals surface area (Å²) < 4.78 is 73.6. The third-order valence-electron chi connectivity index (χ3n) is 5.76. The lowest BCUT2D eigenvalue weighted by Gasteiger charge is -2.23. The predicted octanol–water partition coefficient (Wildman–Crippen LogP) is 4.69. The summed E-state index contributed by atoms with van der Waals surface area (Å²) in [6, 6.07) is 20.7. The number of hydroxylamine groups is 2. The molecule has 1 aliphatic rings. The van der Waals surface area contributed by atoms with Crippen LogP contribution in [0.3, 0.4) is 0 Å². The van der Waals surface area contributed by atoms with Crippen molar-refractivity contribution >= 4 is 10.0 Å². The third-order valence-corrected chi connectivity index (χ3v) is 7.50. The predicted molar refractivity (Wildman–Crippen MR) is 125 cm³/mol. The highest BCUT2D eigenvalue weighted by molar-refractivity contribution is 7.90. The van der Waals surface area contributed by atoms with Crippen LogP contribution in [0.15, 0.2) is 78.9 Å². The Balaban J connectivity index is 1.48. The Morgan fingerprint density at radius 1 is 1.00 bits per heavy atom. The standard InChI is InChI=1S/C25H25F3N2O4S/c1-30-24(20-10-6-12-22(14-20)33-16-18-7-3-2-4-8-18)23(17-34-30)35(31,32)29-15-19-9-5-11-21(13-19)25(26,27)28/h2-14,23-24,29H,15-17H2,1H3. The molecule has 4 rings (SSSR count). The highest BCUT2D eigenvalue weighted by Gasteiger charge is 2.43. The molecule has 3 aromatic rings. The van der Waals surface area contributed by atoms with Crippen LogP contribution in [0.2, 0.25) is 0 Å². The molecule has 0 saturated carbocycles. The normalized spacial score (nSPS) is 19.1. The summed E-state index contributed by atoms with van der Waals surface area (Å²) >= 11 is 0. The lowest BCUT2D eigenvalue weighted by atomic mass is 10.0. The second-order valence-electron chi connectivity index (χ2n) is 8.24. The van der Waals surface area contributed by atoms with Crippen LogP contribution in [0.1, 0.15) is 28.3 Å². The summed E-state index contributed by atoms with van der Waals surface area (Å²) in [5, 5.41) is 0.507. The largest absolute Gasteiger partial charge is 0.489 e. The topological polar surface area (TPSA) is 67.9 Å². The molecule has 186 valence electrons. The van der Waals surface area contributed by atoms with Gasteiger partial charge in [0.25, 0.3) is 0 Å². The van der Waals surface area contributed by atoms with Crippen molar-refractivity contribution < 1.29 is 31.2 Å². The van der Waals surface area contributed by atoms with E-state index in [1.165, 1.54) is 17.2 Å². The first kappa shape index (κ1) is 25.2. The van der Waals surface area contributed by atoms with Gasteiger partial charge in [-0.1, -0.05) is 60.7 Å². The van der Waals surface area contributed by atoms with E-state index in [1.54, 1.807) is 31.3 Å². The van der Waals surface area contributed by atoms with Crippen LogP contribution in [-0.2, 0) is 34.2 Å². The second-order valence-corrected chi connectivity index (χ2v) is 10.2. The van der Waals surface area contributed by atoms with E-state index >= 15 is 0 Å². The number of ether oxygens (including phenoxy) is 1. The fraction of sp³-hybridized carbons (Fsp3) is 0.280. The molecule has 1 heterocycles. The van der Waals surface area contributed by atoms with Gasteiger partial charge in [-0.25, -0.2) is 13.1 Å². The van der Waals surface area contributed by atoms with Crippen molar-refractivity contribution in [2.75, 3.05) is 13.7 Å². The Kier molecular flexibility index (Phi) is 7.46. The number of nitrogens with one attached hydrogen (secondary N) is 1. The maximum absolute atomic E-state index is 13.1. The molecule has 1 N–H and O–H groups in total. The zero-order chi connectivity index (χ0) is 25.1. The van der Waals surface area contributed by atoms with Gasteiger partial charge in [0, 0.05) is 13.6 Å². The molecule has 2 atom stereocenters. The van der Waals surface area contributed by atoms with Gasteiger partial charge in [0.15, 0.2) is 0 Å². The lowest BCUT2D eigenvalue weighted by molar-refractivity contribution is -0.137. The van der Waals surface area contributed by atoms with Crippen LogP contribution < -0.4 is 9.46 Å². The number of benzene rings is 3. The van der Waals surface area contributed by atoms with E-state index in [2.05, 4.69) is 4.72 Å². The molecule has 0 aliphatic carbocycles. The Morgan fingerprint density at radius 2 is 1.71 bits per heavy atom. The maximum atomic E-state index is 13.1. The molecule has 1 saturated heterocycles. The van der Waals surface area contributed by atoms with Crippen molar-refractivity contribution in [3.63, 3.8) is 0 Å². The molecule has 0 amide bonds. The molecular weight excluding hydrogens is 481 g/mol. The van der Waals surface area contributed by atoms with Crippen LogP contribution in [0.5, 0.6) is 5.75 Å². The molecule has 0 aromatic heterocycles. The Labute approximate surface area is 202 Å². The van der Waals surface area contributed by atoms with Crippen LogP contribution >= 0.6 is 0 Å². The number of nitrogens with zero attached hydrogens (tertiary/aromatic N) is 1. The van der Waals surface area contributed by atoms with Crippen LogP contribution in [0, 0.1) is 0 Å². The van der Waals surface area contributed by atoms with Gasteiger partial charge in [0.05, 0.1) is 18.2 Å². The SMILES string of the molecule is CN1OCC(S(=O)(=O)NCc2cccc(C(F)(F)F)c2)C1c1cccc(OCc2ccccc2)c1. The quantitative estimate of drug-likeness (QED) is 0.480. The third kappa shape index (κ3) is 6.21. The maximum Gasteiger partial charge on any atom is 0.416 e. The number of sulfonamides is 1. The van der Waals surface area contributed by atoms with Gasteiger partial charge in [0.1, 0.15) is 17.6 Å². The highest BCUT2D eigenvalue weighted by Crippen LogP contribution is 2.35. The molecular formula is C25H25F3N2O4S. The Bertz CT molecular complexity index is 1250. The fourth-order valence-corrected chi connectivity index (χ4v) is 5.45. The summed E-state index contributed by atoms with van der Waals surface area (Å²) in [4.78, 5) is 5.53. The number of halogens is 3. The zero-order valence-electron chi connectivity index (χ0n) is 18.9. The molecule has 10 heteroatoms. The average molecular weight is 507 g/mol. The van der Waals surface area contributed by atoms with Gasteiger partial charge in [-0.05, 0) is 34.9 Å². The minimum Gasteiger partial charge on any atom is -0.489 e. The van der Waals surface area contributed by atoms with Crippen molar-refractivity contribution in [1.29, 1.82) is 0 Å². The highest BCUT2D eigenvalue weighted by atomic mass is 32.2. The monoisotopic (exact) mass is 506 g/mol. The van der Waals surface area contributed by atoms with Gasteiger partial charge in [0.2, 0.25) is 10.0 Å². The van der Waals surface area contributed by atoms with E-state index < -0.39 is 33.1 Å². The molecule has 1 aliphatic heterocycles. The minimum absolute atomic E-state index is 0.0891. The number of alkyl halides is 3. The van der Waals surface area contributed by atoms with Crippen molar-refractivity contribution in [2.24, 2.45) is 0 Å². The van der Waals surface area contributed by atoms with Crippen molar-refractivity contribution in [3.05, 3.63) is 101 Å². The summed E-state index contributed by atoms with van der Waals surface area (Å²) in [5.74, 6) is 0.583. The average Bonchev–Trinajstić information content (AvgIpc) is 3.24. The van der Waals surface area contributed by atoms with Gasteiger partial charge < -0.3 is 4.74 Å². The Morgan fingerprint density at radius 3 is 2.46 bits per heavy atom. The summed E-state index contributed by atoms with van der Waals surface area (Å²) in [5.41, 5.74) is 1.07. The summed E-state index contributed by atoms with van der Waals surface area (Å²) in [6.45, 7) is 0.00910. The van der Waals surface area contributed by atoms with Crippen molar-refractivity contribution in [1.82, 2.24) is 9.79 Å². The van der Waals surface area contributed by atoms with Crippen molar-refractivity contribution in [3.8, 4) is 5.75 Å². The summed E-state index contributed by atoms with van der Waals surface area (Å²) in [6.07, 6.45) is -4.50. The van der Waals surface area contributed by atoms with E-state index in [0.29, 0.717) is 17.9 Å². The Hall–Kier alpha value is -2.92. The molecule has 2 unspecified atom stereocenters. The molecule has 6 nitrogen and oxygen atoms in total. The fourth-order valence-electron chi connectivity index (χ4n) is 3.96. The smallest absolute Gasteiger partial charge is 0.416 e. The van der Waals surface area contributed by atoms with Crippen LogP contribution in [0.4, 0.5) is 13.2 Å². The second kappa shape index (κ2) is 10.4. The number of hydrogen-bond donors (Lipinski definition) is 1. The van der Waals surface area contributed by atoms with E-state index in [-0.39, 0.29) is 18.7 Å². The van der Waals surface area contributed by atoms with Crippen molar-refractivity contribution in [2.45, 2.75) is 30.6 Å². The van der Waals surface area contributed by atoms with E-state index in [1.807, 2.05) is 30.3 Å². The first-order chi connectivity index (χ1) is 16.6. The van der Waals surface area contributed by atoms with Gasteiger partial charge in [-0.3, -0.25) is 4.84 Å². The van der Waals surface area contributed by atoms with Gasteiger partial charge in [-0.15, -0.1) is 0 Å². The van der Waals surface area contributed by atoms with Gasteiger partial charge >= 0.3 is 6.18 Å². The number of rotatable bonds is 8. The molecule has 3 aromatic carbocycles. The minimum atomic E-state index is -4.50. The molecule has 0 spiro atoms. The molecule has 0 bridgehead atoms. The first-order valence-corrected chi connectivity index (χ1v) is 12.5. The van der Waals surface area contributed by atoms with Crippen LogP contribution in [-0.4, -0.2) is 32.4 Å². The van der Waals surface area contributed by atoms with E-state index in [9.17, 15) is 21.6 Å². The first-order valence-electron chi connectivity index (χ1n) is 10.9. The molecule has 0 radical (unpaired) electrons. The lowest BCUT2D eigenvalue weighted by Crippen LogP contribution is -2.39. The zero-order valence-corrected chi connectivity index (χ0v) is 19.7. The van der Waals surface area contributed by atoms with E-state index in [0.717, 1.165) is 17.7 Å². The van der Waals surface area contributed by atoms with Gasteiger partial charge in [-0.2, -0.15) is 18.2 Å². The van der Waals surface area contributed by atoms with E-state index in [4.69, 9.17) is 9.57 Å².